The van der Waals surface area contributed by atoms with Gasteiger partial charge in [0.2, 0.25) is 11.8 Å². The van der Waals surface area contributed by atoms with Crippen molar-refractivity contribution in [3.63, 3.8) is 0 Å². The summed E-state index contributed by atoms with van der Waals surface area (Å²) in [6, 6.07) is 18.6. The van der Waals surface area contributed by atoms with Gasteiger partial charge in [0, 0.05) is 22.2 Å². The SMILES string of the molecule is C[C@H](NC(=O)Cc1cc(F)cc(F)c1)C(=O)N[C@@H]1C(=O)N(c2ccccc2)c2ccccc2S[C@@H]1c1cc(F)ccc1F. The van der Waals surface area contributed by atoms with Crippen molar-refractivity contribution in [1.29, 1.82) is 0 Å². The van der Waals surface area contributed by atoms with E-state index in [-0.39, 0.29) is 11.1 Å². The maximum absolute atomic E-state index is 15.2. The summed E-state index contributed by atoms with van der Waals surface area (Å²) in [5.74, 6) is -5.27. The van der Waals surface area contributed by atoms with E-state index in [1.54, 1.807) is 54.6 Å². The van der Waals surface area contributed by atoms with Gasteiger partial charge in [-0.2, -0.15) is 0 Å². The summed E-state index contributed by atoms with van der Waals surface area (Å²) in [7, 11) is 0. The molecule has 1 aliphatic rings. The number of fused-ring (bicyclic) bond motifs is 1. The van der Waals surface area contributed by atoms with Crippen LogP contribution in [-0.4, -0.2) is 29.8 Å². The Morgan fingerprint density at radius 2 is 1.53 bits per heavy atom. The topological polar surface area (TPSA) is 78.5 Å². The fraction of sp³-hybridized carbons (Fsp3) is 0.156. The normalized spacial score (nSPS) is 17.0. The number of amides is 3. The molecule has 1 aliphatic heterocycles. The Kier molecular flexibility index (Phi) is 8.81. The van der Waals surface area contributed by atoms with Crippen LogP contribution in [0.25, 0.3) is 0 Å². The zero-order valence-corrected chi connectivity index (χ0v) is 23.5. The first-order valence-electron chi connectivity index (χ1n) is 13.2. The van der Waals surface area contributed by atoms with E-state index in [4.69, 9.17) is 0 Å². The molecule has 6 nitrogen and oxygen atoms in total. The monoisotopic (exact) mass is 607 g/mol. The van der Waals surface area contributed by atoms with Crippen molar-refractivity contribution < 1.29 is 31.9 Å². The van der Waals surface area contributed by atoms with E-state index in [1.165, 1.54) is 11.8 Å². The molecule has 4 aromatic carbocycles. The van der Waals surface area contributed by atoms with Gasteiger partial charge in [-0.15, -0.1) is 11.8 Å². The van der Waals surface area contributed by atoms with Gasteiger partial charge in [-0.3, -0.25) is 19.3 Å². The van der Waals surface area contributed by atoms with Gasteiger partial charge in [0.25, 0.3) is 5.91 Å². The van der Waals surface area contributed by atoms with Crippen molar-refractivity contribution in [2.75, 3.05) is 4.90 Å². The molecule has 0 aliphatic carbocycles. The summed E-state index contributed by atoms with van der Waals surface area (Å²) in [5.41, 5.74) is 0.920. The number of anilines is 2. The molecule has 0 spiro atoms. The van der Waals surface area contributed by atoms with E-state index >= 15 is 4.39 Å². The summed E-state index contributed by atoms with van der Waals surface area (Å²) in [6.45, 7) is 1.37. The average Bonchev–Trinajstić information content (AvgIpc) is 3.08. The van der Waals surface area contributed by atoms with E-state index in [9.17, 15) is 27.6 Å². The summed E-state index contributed by atoms with van der Waals surface area (Å²) >= 11 is 1.09. The van der Waals surface area contributed by atoms with Crippen LogP contribution in [0, 0.1) is 23.3 Å². The third-order valence-corrected chi connectivity index (χ3v) is 8.16. The highest BCUT2D eigenvalue weighted by Crippen LogP contribution is 2.48. The minimum Gasteiger partial charge on any atom is -0.344 e. The molecule has 3 amide bonds. The largest absolute Gasteiger partial charge is 0.344 e. The molecule has 2 N–H and O–H groups in total. The molecule has 0 radical (unpaired) electrons. The molecule has 4 aromatic rings. The highest BCUT2D eigenvalue weighted by atomic mass is 32.2. The van der Waals surface area contributed by atoms with Gasteiger partial charge in [0.05, 0.1) is 17.4 Å². The third-order valence-electron chi connectivity index (χ3n) is 6.78. The second-order valence-electron chi connectivity index (χ2n) is 9.91. The highest BCUT2D eigenvalue weighted by molar-refractivity contribution is 7.99. The van der Waals surface area contributed by atoms with Gasteiger partial charge in [0.1, 0.15) is 35.4 Å². The smallest absolute Gasteiger partial charge is 0.255 e. The second kappa shape index (κ2) is 12.7. The van der Waals surface area contributed by atoms with Crippen LogP contribution in [0.15, 0.2) is 95.9 Å². The van der Waals surface area contributed by atoms with Gasteiger partial charge in [-0.25, -0.2) is 17.6 Å². The standard InChI is InChI=1S/C32H25F4N3O3S/c1-18(37-28(40)15-19-13-21(34)16-22(35)14-19)31(41)38-29-30(24-17-20(33)11-12-25(24)36)43-27-10-6-5-9-26(27)39(32(29)42)23-7-3-2-4-8-23/h2-14,16-18,29-30H,15H2,1H3,(H,37,40)(H,38,41)/t18-,29-,30+/m0/s1. The number of hydrogen-bond donors (Lipinski definition) is 2. The first-order valence-corrected chi connectivity index (χ1v) is 14.1. The summed E-state index contributed by atoms with van der Waals surface area (Å²) in [5, 5.41) is 4.01. The lowest BCUT2D eigenvalue weighted by atomic mass is 10.0. The number of benzene rings is 4. The van der Waals surface area contributed by atoms with Crippen molar-refractivity contribution in [2.45, 2.75) is 35.6 Å². The van der Waals surface area contributed by atoms with Crippen molar-refractivity contribution in [3.05, 3.63) is 125 Å². The Balaban J connectivity index is 1.47. The lowest BCUT2D eigenvalue weighted by molar-refractivity contribution is -0.130. The van der Waals surface area contributed by atoms with Gasteiger partial charge in [0.15, 0.2) is 0 Å². The molecule has 0 unspecified atom stereocenters. The number of nitrogens with one attached hydrogen (secondary N) is 2. The number of nitrogens with zero attached hydrogens (tertiary/aromatic N) is 1. The molecule has 0 aromatic heterocycles. The molecule has 0 bridgehead atoms. The molecule has 11 heteroatoms. The predicted molar refractivity (Wildman–Crippen MR) is 155 cm³/mol. The Labute approximate surface area is 249 Å². The molecule has 5 rings (SSSR count). The fourth-order valence-corrected chi connectivity index (χ4v) is 6.16. The zero-order valence-electron chi connectivity index (χ0n) is 22.7. The van der Waals surface area contributed by atoms with Crippen LogP contribution in [0.3, 0.4) is 0 Å². The molecule has 0 saturated heterocycles. The average molecular weight is 608 g/mol. The Morgan fingerprint density at radius 3 is 2.26 bits per heavy atom. The Morgan fingerprint density at radius 1 is 0.860 bits per heavy atom. The maximum Gasteiger partial charge on any atom is 0.255 e. The maximum atomic E-state index is 15.2. The van der Waals surface area contributed by atoms with Gasteiger partial charge in [-0.1, -0.05) is 30.3 Å². The Bertz CT molecular complexity index is 1670. The van der Waals surface area contributed by atoms with Crippen LogP contribution in [0.5, 0.6) is 0 Å². The van der Waals surface area contributed by atoms with Gasteiger partial charge in [-0.05, 0) is 67.1 Å². The summed E-state index contributed by atoms with van der Waals surface area (Å²) < 4.78 is 56.7. The summed E-state index contributed by atoms with van der Waals surface area (Å²) in [4.78, 5) is 42.3. The number of rotatable bonds is 7. The van der Waals surface area contributed by atoms with E-state index in [1.807, 2.05) is 0 Å². The van der Waals surface area contributed by atoms with Crippen molar-refractivity contribution in [1.82, 2.24) is 10.6 Å². The lowest BCUT2D eigenvalue weighted by Crippen LogP contribution is -2.54. The number of thioether (sulfide) groups is 1. The zero-order chi connectivity index (χ0) is 30.7. The predicted octanol–water partition coefficient (Wildman–Crippen LogP) is 5.99. The molecule has 1 heterocycles. The van der Waals surface area contributed by atoms with Crippen LogP contribution in [-0.2, 0) is 20.8 Å². The number of carbonyl (C=O) groups is 3. The molecule has 220 valence electrons. The van der Waals surface area contributed by atoms with Crippen molar-refractivity contribution >= 4 is 40.9 Å². The van der Waals surface area contributed by atoms with Gasteiger partial charge >= 0.3 is 0 Å². The molecule has 3 atom stereocenters. The first-order chi connectivity index (χ1) is 20.6. The molecular formula is C32H25F4N3O3S. The second-order valence-corrected chi connectivity index (χ2v) is 11.1. The van der Waals surface area contributed by atoms with Gasteiger partial charge < -0.3 is 10.6 Å². The van der Waals surface area contributed by atoms with Crippen LogP contribution < -0.4 is 15.5 Å². The lowest BCUT2D eigenvalue weighted by Gasteiger charge is -2.30. The van der Waals surface area contributed by atoms with Crippen molar-refractivity contribution in [2.24, 2.45) is 0 Å². The third kappa shape index (κ3) is 6.72. The van der Waals surface area contributed by atoms with E-state index in [0.717, 1.165) is 42.1 Å². The van der Waals surface area contributed by atoms with E-state index < -0.39 is 64.7 Å². The van der Waals surface area contributed by atoms with Crippen LogP contribution in [0.1, 0.15) is 23.3 Å². The number of halogens is 4. The minimum absolute atomic E-state index is 0.0656. The molecule has 0 fully saturated rings. The first kappa shape index (κ1) is 29.8. The minimum atomic E-state index is -1.40. The Hall–Kier alpha value is -4.64. The quantitative estimate of drug-likeness (QED) is 0.253. The van der Waals surface area contributed by atoms with E-state index in [0.29, 0.717) is 22.3 Å². The highest BCUT2D eigenvalue weighted by Gasteiger charge is 2.41. The van der Waals surface area contributed by atoms with Crippen LogP contribution in [0.4, 0.5) is 28.9 Å². The molecule has 43 heavy (non-hydrogen) atoms. The summed E-state index contributed by atoms with van der Waals surface area (Å²) in [6.07, 6.45) is -0.404. The van der Waals surface area contributed by atoms with Crippen LogP contribution in [0.2, 0.25) is 0 Å². The number of hydrogen-bond acceptors (Lipinski definition) is 4. The number of carbonyl (C=O) groups excluding carboxylic acids is 3. The molecular weight excluding hydrogens is 582 g/mol. The number of para-hydroxylation sites is 2. The van der Waals surface area contributed by atoms with Crippen LogP contribution >= 0.6 is 11.8 Å². The van der Waals surface area contributed by atoms with Crippen molar-refractivity contribution in [3.8, 4) is 0 Å². The fourth-order valence-electron chi connectivity index (χ4n) is 4.82. The van der Waals surface area contributed by atoms with E-state index in [2.05, 4.69) is 10.6 Å². The molecule has 0 saturated carbocycles.